The first kappa shape index (κ1) is 33.1. The van der Waals surface area contributed by atoms with Crippen molar-refractivity contribution in [3.05, 3.63) is 89.7 Å². The number of rotatable bonds is 8. The Labute approximate surface area is 261 Å². The van der Waals surface area contributed by atoms with Crippen molar-refractivity contribution in [1.82, 2.24) is 14.8 Å². The van der Waals surface area contributed by atoms with Gasteiger partial charge in [-0.1, -0.05) is 25.1 Å². The van der Waals surface area contributed by atoms with Crippen molar-refractivity contribution in [2.75, 3.05) is 38.7 Å². The van der Waals surface area contributed by atoms with Crippen molar-refractivity contribution >= 4 is 17.5 Å². The molecule has 0 saturated heterocycles. The first-order valence-corrected chi connectivity index (χ1v) is 15.5. The van der Waals surface area contributed by atoms with Gasteiger partial charge in [0.1, 0.15) is 5.75 Å². The number of nitrogens with zero attached hydrogens (tertiary/aromatic N) is 3. The molecule has 0 saturated carbocycles. The zero-order chi connectivity index (χ0) is 31.5. The van der Waals surface area contributed by atoms with Gasteiger partial charge < -0.3 is 24.8 Å². The minimum absolute atomic E-state index is 0.0277. The second-order valence-corrected chi connectivity index (χ2v) is 11.9. The molecule has 1 aliphatic heterocycles. The standard InChI is InChI=1S/C35H46N4O5/c1-25-21-39(26(2)24-40)35(42)31-20-30(37-34(41)29-11-6-5-7-12-29)13-14-32(31)44-27(3)10-8-9-19-43-33(25)23-38(4)22-28-15-17-36-18-16-28/h5-7,11-18,20,25-27,33,40H,8-10,19,21-24H2,1-4H3,(H,37,41)/t25-,26-,27-,33+/m0/s1. The van der Waals surface area contributed by atoms with Gasteiger partial charge in [0.15, 0.2) is 0 Å². The molecule has 1 aliphatic rings. The van der Waals surface area contributed by atoms with Crippen LogP contribution in [0.5, 0.6) is 5.75 Å². The average molecular weight is 603 g/mol. The summed E-state index contributed by atoms with van der Waals surface area (Å²) in [6.45, 7) is 8.18. The number of ether oxygens (including phenoxy) is 2. The number of carbonyl (C=O) groups is 2. The molecule has 4 rings (SSSR count). The van der Waals surface area contributed by atoms with Crippen molar-refractivity contribution in [2.24, 2.45) is 5.92 Å². The topological polar surface area (TPSA) is 104 Å². The molecule has 0 fully saturated rings. The Morgan fingerprint density at radius 1 is 1.11 bits per heavy atom. The number of aliphatic hydroxyl groups is 1. The summed E-state index contributed by atoms with van der Waals surface area (Å²) in [6, 6.07) is 17.7. The Balaban J connectivity index is 1.61. The Hall–Kier alpha value is -3.79. The first-order valence-electron chi connectivity index (χ1n) is 15.5. The normalized spacial score (nSPS) is 20.7. The van der Waals surface area contributed by atoms with Crippen LogP contribution in [0.15, 0.2) is 73.1 Å². The molecule has 4 atom stereocenters. The van der Waals surface area contributed by atoms with Gasteiger partial charge in [-0.25, -0.2) is 0 Å². The summed E-state index contributed by atoms with van der Waals surface area (Å²) in [6.07, 6.45) is 5.97. The second-order valence-electron chi connectivity index (χ2n) is 11.9. The van der Waals surface area contributed by atoms with Crippen molar-refractivity contribution in [2.45, 2.75) is 64.8 Å². The average Bonchev–Trinajstić information content (AvgIpc) is 3.03. The van der Waals surface area contributed by atoms with Crippen LogP contribution in [0.1, 0.15) is 66.3 Å². The van der Waals surface area contributed by atoms with E-state index in [1.165, 1.54) is 5.56 Å². The van der Waals surface area contributed by atoms with E-state index in [2.05, 4.69) is 29.2 Å². The zero-order valence-corrected chi connectivity index (χ0v) is 26.3. The van der Waals surface area contributed by atoms with Crippen molar-refractivity contribution in [1.29, 1.82) is 0 Å². The van der Waals surface area contributed by atoms with Crippen LogP contribution < -0.4 is 10.1 Å². The number of benzene rings is 2. The number of anilines is 1. The lowest BCUT2D eigenvalue weighted by molar-refractivity contribution is -0.0177. The van der Waals surface area contributed by atoms with E-state index in [4.69, 9.17) is 9.47 Å². The smallest absolute Gasteiger partial charge is 0.258 e. The lowest BCUT2D eigenvalue weighted by Gasteiger charge is -2.36. The Morgan fingerprint density at radius 3 is 2.59 bits per heavy atom. The number of fused-ring (bicyclic) bond motifs is 1. The summed E-state index contributed by atoms with van der Waals surface area (Å²) >= 11 is 0. The van der Waals surface area contributed by atoms with Crippen LogP contribution in [0.3, 0.4) is 0 Å². The summed E-state index contributed by atoms with van der Waals surface area (Å²) in [4.78, 5) is 35.3. The summed E-state index contributed by atoms with van der Waals surface area (Å²) in [5.41, 5.74) is 2.53. The number of amides is 2. The fraction of sp³-hybridized carbons (Fsp3) is 0.457. The van der Waals surface area contributed by atoms with Crippen LogP contribution in [-0.4, -0.2) is 83.3 Å². The second kappa shape index (κ2) is 16.3. The van der Waals surface area contributed by atoms with E-state index in [1.807, 2.05) is 32.0 Å². The molecule has 9 nitrogen and oxygen atoms in total. The van der Waals surface area contributed by atoms with Crippen LogP contribution >= 0.6 is 0 Å². The first-order chi connectivity index (χ1) is 21.2. The third-order valence-corrected chi connectivity index (χ3v) is 8.04. The summed E-state index contributed by atoms with van der Waals surface area (Å²) in [5.74, 6) is -0.0967. The van der Waals surface area contributed by atoms with E-state index >= 15 is 0 Å². The van der Waals surface area contributed by atoms with Gasteiger partial charge in [-0.3, -0.25) is 19.5 Å². The fourth-order valence-corrected chi connectivity index (χ4v) is 5.43. The van der Waals surface area contributed by atoms with Crippen molar-refractivity contribution in [3.63, 3.8) is 0 Å². The number of pyridine rings is 1. The molecular formula is C35H46N4O5. The largest absolute Gasteiger partial charge is 0.490 e. The molecule has 2 heterocycles. The van der Waals surface area contributed by atoms with Gasteiger partial charge >= 0.3 is 0 Å². The quantitative estimate of drug-likeness (QED) is 0.363. The Bertz CT molecular complexity index is 1340. The Morgan fingerprint density at radius 2 is 1.86 bits per heavy atom. The Kier molecular flexibility index (Phi) is 12.3. The van der Waals surface area contributed by atoms with Gasteiger partial charge in [-0.15, -0.1) is 0 Å². The molecule has 44 heavy (non-hydrogen) atoms. The third-order valence-electron chi connectivity index (χ3n) is 8.04. The number of hydrogen-bond donors (Lipinski definition) is 2. The van der Waals surface area contributed by atoms with Gasteiger partial charge in [0.25, 0.3) is 11.8 Å². The van der Waals surface area contributed by atoms with E-state index in [0.29, 0.717) is 42.3 Å². The summed E-state index contributed by atoms with van der Waals surface area (Å²) < 4.78 is 12.8. The molecule has 0 unspecified atom stereocenters. The summed E-state index contributed by atoms with van der Waals surface area (Å²) in [7, 11) is 2.07. The lowest BCUT2D eigenvalue weighted by atomic mass is 10.0. The lowest BCUT2D eigenvalue weighted by Crippen LogP contribution is -2.47. The van der Waals surface area contributed by atoms with Gasteiger partial charge in [-0.2, -0.15) is 0 Å². The molecule has 0 spiro atoms. The molecule has 2 aromatic carbocycles. The maximum absolute atomic E-state index is 14.3. The van der Waals surface area contributed by atoms with Crippen LogP contribution in [-0.2, 0) is 11.3 Å². The van der Waals surface area contributed by atoms with Crippen molar-refractivity contribution in [3.8, 4) is 5.75 Å². The predicted molar refractivity (Wildman–Crippen MR) is 172 cm³/mol. The number of likely N-dealkylation sites (N-methyl/N-ethyl adjacent to an activating group) is 1. The maximum atomic E-state index is 14.3. The third kappa shape index (κ3) is 9.35. The number of nitrogens with one attached hydrogen (secondary N) is 1. The minimum Gasteiger partial charge on any atom is -0.490 e. The van der Waals surface area contributed by atoms with Gasteiger partial charge in [-0.05, 0) is 88.2 Å². The monoisotopic (exact) mass is 602 g/mol. The van der Waals surface area contributed by atoms with Crippen LogP contribution in [0.4, 0.5) is 5.69 Å². The molecule has 9 heteroatoms. The highest BCUT2D eigenvalue weighted by molar-refractivity contribution is 6.05. The van der Waals surface area contributed by atoms with E-state index in [-0.39, 0.29) is 36.5 Å². The molecule has 2 amide bonds. The van der Waals surface area contributed by atoms with Gasteiger partial charge in [0, 0.05) is 55.8 Å². The molecule has 0 radical (unpaired) electrons. The minimum atomic E-state index is -0.444. The van der Waals surface area contributed by atoms with Crippen molar-refractivity contribution < 1.29 is 24.2 Å². The van der Waals surface area contributed by atoms with Crippen LogP contribution in [0.2, 0.25) is 0 Å². The number of carbonyl (C=O) groups excluding carboxylic acids is 2. The van der Waals surface area contributed by atoms with E-state index in [0.717, 1.165) is 25.8 Å². The highest BCUT2D eigenvalue weighted by Gasteiger charge is 2.30. The van der Waals surface area contributed by atoms with E-state index < -0.39 is 6.04 Å². The predicted octanol–water partition coefficient (Wildman–Crippen LogP) is 5.26. The number of hydrogen-bond acceptors (Lipinski definition) is 7. The highest BCUT2D eigenvalue weighted by Crippen LogP contribution is 2.29. The molecule has 0 bridgehead atoms. The van der Waals surface area contributed by atoms with Gasteiger partial charge in [0.2, 0.25) is 0 Å². The van der Waals surface area contributed by atoms with E-state index in [9.17, 15) is 14.7 Å². The SMILES string of the molecule is C[C@H]1CCCCO[C@H](CN(C)Cc2ccncc2)[C@@H](C)CN([C@@H](C)CO)C(=O)c2cc(NC(=O)c3ccccc3)ccc2O1. The molecule has 2 N–H and O–H groups in total. The number of aliphatic hydroxyl groups excluding tert-OH is 1. The van der Waals surface area contributed by atoms with Gasteiger partial charge in [0.05, 0.1) is 30.4 Å². The molecular weight excluding hydrogens is 556 g/mol. The molecule has 3 aromatic rings. The van der Waals surface area contributed by atoms with Crippen LogP contribution in [0, 0.1) is 5.92 Å². The maximum Gasteiger partial charge on any atom is 0.258 e. The van der Waals surface area contributed by atoms with Crippen LogP contribution in [0.25, 0.3) is 0 Å². The zero-order valence-electron chi connectivity index (χ0n) is 26.3. The summed E-state index contributed by atoms with van der Waals surface area (Å²) in [5, 5.41) is 13.1. The molecule has 0 aliphatic carbocycles. The number of aromatic nitrogens is 1. The molecule has 1 aromatic heterocycles. The van der Waals surface area contributed by atoms with E-state index in [1.54, 1.807) is 59.8 Å². The fourth-order valence-electron chi connectivity index (χ4n) is 5.43. The molecule has 236 valence electrons. The highest BCUT2D eigenvalue weighted by atomic mass is 16.5.